The van der Waals surface area contributed by atoms with Crippen molar-refractivity contribution < 1.29 is 4.42 Å². The van der Waals surface area contributed by atoms with Gasteiger partial charge in [-0.1, -0.05) is 148 Å². The summed E-state index contributed by atoms with van der Waals surface area (Å²) in [4.78, 5) is 2.54. The van der Waals surface area contributed by atoms with Gasteiger partial charge in [0, 0.05) is 64.3 Å². The number of fused-ring (bicyclic) bond motifs is 13. The fourth-order valence-electron chi connectivity index (χ4n) is 10.5. The highest BCUT2D eigenvalue weighted by Gasteiger charge is 2.41. The molecule has 0 aliphatic heterocycles. The second kappa shape index (κ2) is 12.0. The number of hydrogen-bond acceptors (Lipinski definition) is 3. The van der Waals surface area contributed by atoms with E-state index in [2.05, 4.69) is 202 Å². The standard InChI is InChI=1S/C56H51NOS/c1-53(2,3)32-28-40-38-25-26-43-50(52(38)59-51(40)45(29-32)54(4,5)6)49-42(56(43,9)10)19-15-20-46(49)57(33-23-27-48-39(30-33)37-17-12-14-21-47(37)58-48)34-22-24-36-35-16-11-13-18-41(35)55(7,8)44(36)31-34/h11-31H,1-10H3. The minimum Gasteiger partial charge on any atom is -0.456 e. The molecule has 0 radical (unpaired) electrons. The normalized spacial score (nSPS) is 15.2. The molecule has 59 heavy (non-hydrogen) atoms. The highest BCUT2D eigenvalue weighted by molar-refractivity contribution is 7.26. The van der Waals surface area contributed by atoms with Crippen LogP contribution in [0.2, 0.25) is 0 Å². The second-order valence-corrected chi connectivity index (χ2v) is 21.2. The summed E-state index contributed by atoms with van der Waals surface area (Å²) in [6, 6.07) is 48.2. The molecule has 2 heterocycles. The number of furan rings is 1. The number of para-hydroxylation sites is 1. The fourth-order valence-corrected chi connectivity index (χ4v) is 12.0. The van der Waals surface area contributed by atoms with Gasteiger partial charge in [-0.2, -0.15) is 0 Å². The lowest BCUT2D eigenvalue weighted by Gasteiger charge is -2.30. The first-order valence-electron chi connectivity index (χ1n) is 21.2. The van der Waals surface area contributed by atoms with Gasteiger partial charge in [0.2, 0.25) is 0 Å². The van der Waals surface area contributed by atoms with E-state index in [-0.39, 0.29) is 21.7 Å². The molecule has 292 valence electrons. The molecule has 0 atom stereocenters. The van der Waals surface area contributed by atoms with Crippen LogP contribution in [0.3, 0.4) is 0 Å². The number of thiophene rings is 1. The molecule has 2 nitrogen and oxygen atoms in total. The van der Waals surface area contributed by atoms with Gasteiger partial charge in [0.25, 0.3) is 0 Å². The van der Waals surface area contributed by atoms with Crippen LogP contribution in [0, 0.1) is 0 Å². The summed E-state index contributed by atoms with van der Waals surface area (Å²) in [5.74, 6) is 0. The molecule has 0 unspecified atom stereocenters. The predicted molar refractivity (Wildman–Crippen MR) is 254 cm³/mol. The van der Waals surface area contributed by atoms with Crippen LogP contribution in [-0.4, -0.2) is 0 Å². The predicted octanol–water partition coefficient (Wildman–Crippen LogP) is 16.6. The number of anilines is 3. The van der Waals surface area contributed by atoms with E-state index in [1.807, 2.05) is 11.3 Å². The summed E-state index contributed by atoms with van der Waals surface area (Å²) >= 11 is 2.00. The topological polar surface area (TPSA) is 16.4 Å². The first-order chi connectivity index (χ1) is 28.0. The van der Waals surface area contributed by atoms with Crippen molar-refractivity contribution >= 4 is 70.5 Å². The Hall–Kier alpha value is -5.64. The van der Waals surface area contributed by atoms with Crippen molar-refractivity contribution in [1.29, 1.82) is 0 Å². The molecular formula is C56H51NOS. The summed E-state index contributed by atoms with van der Waals surface area (Å²) < 4.78 is 9.19. The average molecular weight is 786 g/mol. The van der Waals surface area contributed by atoms with E-state index >= 15 is 0 Å². The van der Waals surface area contributed by atoms with Crippen molar-refractivity contribution in [2.24, 2.45) is 0 Å². The maximum atomic E-state index is 6.39. The molecule has 2 aliphatic rings. The van der Waals surface area contributed by atoms with Crippen molar-refractivity contribution in [3.05, 3.63) is 161 Å². The van der Waals surface area contributed by atoms with Gasteiger partial charge in [-0.05, 0) is 104 Å². The Labute approximate surface area is 352 Å². The SMILES string of the molecule is CC(C)(C)c1cc(C(C)(C)C)c2sc3c4c(ccc3c2c1)C(C)(C)c1cccc(N(c2ccc3c(c2)C(C)(C)c2ccccc2-3)c2ccc3oc5ccccc5c3c2)c1-4. The highest BCUT2D eigenvalue weighted by atomic mass is 32.1. The van der Waals surface area contributed by atoms with Crippen LogP contribution in [-0.2, 0) is 21.7 Å². The Morgan fingerprint density at radius 3 is 1.93 bits per heavy atom. The van der Waals surface area contributed by atoms with E-state index in [1.54, 1.807) is 0 Å². The summed E-state index contributed by atoms with van der Waals surface area (Å²) in [5, 5.41) is 4.99. The first-order valence-corrected chi connectivity index (χ1v) is 22.0. The minimum absolute atomic E-state index is 0.000395. The molecule has 0 bridgehead atoms. The van der Waals surface area contributed by atoms with Gasteiger partial charge < -0.3 is 9.32 Å². The second-order valence-electron chi connectivity index (χ2n) is 20.2. The summed E-state index contributed by atoms with van der Waals surface area (Å²) in [5.41, 5.74) is 18.7. The summed E-state index contributed by atoms with van der Waals surface area (Å²) in [6.07, 6.45) is 0. The molecule has 0 spiro atoms. The van der Waals surface area contributed by atoms with Gasteiger partial charge in [-0.15, -0.1) is 11.3 Å². The van der Waals surface area contributed by atoms with Crippen LogP contribution >= 0.6 is 11.3 Å². The van der Waals surface area contributed by atoms with Crippen LogP contribution in [0.4, 0.5) is 17.1 Å². The maximum absolute atomic E-state index is 6.39. The van der Waals surface area contributed by atoms with Gasteiger partial charge >= 0.3 is 0 Å². The van der Waals surface area contributed by atoms with Crippen molar-refractivity contribution in [2.75, 3.05) is 4.90 Å². The fraction of sp³-hybridized carbons (Fsp3) is 0.250. The van der Waals surface area contributed by atoms with Crippen LogP contribution in [0.5, 0.6) is 0 Å². The van der Waals surface area contributed by atoms with Crippen LogP contribution in [0.15, 0.2) is 132 Å². The summed E-state index contributed by atoms with van der Waals surface area (Å²) in [7, 11) is 0. The van der Waals surface area contributed by atoms with Crippen LogP contribution < -0.4 is 4.90 Å². The largest absolute Gasteiger partial charge is 0.456 e. The molecule has 9 aromatic rings. The Morgan fingerprint density at radius 2 is 1.14 bits per heavy atom. The quantitative estimate of drug-likeness (QED) is 0.177. The van der Waals surface area contributed by atoms with E-state index in [0.29, 0.717) is 0 Å². The van der Waals surface area contributed by atoms with E-state index in [4.69, 9.17) is 4.42 Å². The van der Waals surface area contributed by atoms with Gasteiger partial charge in [0.05, 0.1) is 5.69 Å². The zero-order chi connectivity index (χ0) is 41.0. The van der Waals surface area contributed by atoms with Gasteiger partial charge in [-0.25, -0.2) is 0 Å². The first kappa shape index (κ1) is 36.4. The third kappa shape index (κ3) is 5.10. The minimum atomic E-state index is -0.188. The molecule has 2 aliphatic carbocycles. The molecule has 0 amide bonds. The molecule has 0 saturated carbocycles. The Balaban J connectivity index is 1.22. The monoisotopic (exact) mass is 785 g/mol. The lowest BCUT2D eigenvalue weighted by Crippen LogP contribution is -2.17. The third-order valence-corrected chi connectivity index (χ3v) is 15.0. The molecular weight excluding hydrogens is 735 g/mol. The Bertz CT molecular complexity index is 3240. The highest BCUT2D eigenvalue weighted by Crippen LogP contribution is 2.59. The van der Waals surface area contributed by atoms with E-state index in [9.17, 15) is 0 Å². The zero-order valence-electron chi connectivity index (χ0n) is 35.9. The molecule has 11 rings (SSSR count). The van der Waals surface area contributed by atoms with E-state index in [1.165, 1.54) is 81.5 Å². The molecule has 0 fully saturated rings. The number of rotatable bonds is 3. The molecule has 0 saturated heterocycles. The van der Waals surface area contributed by atoms with Gasteiger partial charge in [-0.3, -0.25) is 0 Å². The van der Waals surface area contributed by atoms with E-state index < -0.39 is 0 Å². The Morgan fingerprint density at radius 1 is 0.475 bits per heavy atom. The number of hydrogen-bond donors (Lipinski definition) is 0. The molecule has 0 N–H and O–H groups in total. The van der Waals surface area contributed by atoms with Crippen molar-refractivity contribution in [3.63, 3.8) is 0 Å². The molecule has 2 aromatic heterocycles. The average Bonchev–Trinajstić information content (AvgIpc) is 3.90. The maximum Gasteiger partial charge on any atom is 0.135 e. The van der Waals surface area contributed by atoms with Gasteiger partial charge in [0.15, 0.2) is 0 Å². The van der Waals surface area contributed by atoms with Gasteiger partial charge in [0.1, 0.15) is 11.2 Å². The van der Waals surface area contributed by atoms with Crippen molar-refractivity contribution in [1.82, 2.24) is 0 Å². The number of benzene rings is 7. The summed E-state index contributed by atoms with van der Waals surface area (Å²) in [6.45, 7) is 23.7. The third-order valence-electron chi connectivity index (χ3n) is 13.7. The molecule has 3 heteroatoms. The van der Waals surface area contributed by atoms with E-state index in [0.717, 1.165) is 33.3 Å². The van der Waals surface area contributed by atoms with Crippen LogP contribution in [0.25, 0.3) is 64.4 Å². The lowest BCUT2D eigenvalue weighted by molar-refractivity contribution is 0.573. The van der Waals surface area contributed by atoms with Crippen molar-refractivity contribution in [3.8, 4) is 22.3 Å². The molecule has 7 aromatic carbocycles. The van der Waals surface area contributed by atoms with Crippen LogP contribution in [0.1, 0.15) is 103 Å². The Kier molecular flexibility index (Phi) is 7.40. The zero-order valence-corrected chi connectivity index (χ0v) is 36.7. The lowest BCUT2D eigenvalue weighted by atomic mass is 9.79. The van der Waals surface area contributed by atoms with Crippen molar-refractivity contribution in [2.45, 2.75) is 90.9 Å². The number of nitrogens with zero attached hydrogens (tertiary/aromatic N) is 1. The smallest absolute Gasteiger partial charge is 0.135 e.